The third-order valence-corrected chi connectivity index (χ3v) is 8.83. The van der Waals surface area contributed by atoms with E-state index in [0.29, 0.717) is 37.4 Å². The molecule has 0 aromatic heterocycles. The monoisotopic (exact) mass is 603 g/mol. The van der Waals surface area contributed by atoms with Crippen LogP contribution in [0.3, 0.4) is 0 Å². The second-order valence-corrected chi connectivity index (χ2v) is 11.5. The van der Waals surface area contributed by atoms with Crippen molar-refractivity contribution in [3.05, 3.63) is 49.6 Å². The number of anilines is 1. The number of hydrogen-bond donors (Lipinski definition) is 1. The molecule has 3 unspecified atom stereocenters. The van der Waals surface area contributed by atoms with Gasteiger partial charge in [0.15, 0.2) is 0 Å². The lowest BCUT2D eigenvalue weighted by Crippen LogP contribution is -2.57. The van der Waals surface area contributed by atoms with Gasteiger partial charge in [0.2, 0.25) is 11.8 Å². The summed E-state index contributed by atoms with van der Waals surface area (Å²) in [7, 11) is 1.57. The van der Waals surface area contributed by atoms with Crippen LogP contribution in [0.15, 0.2) is 49.6 Å². The number of aliphatic hydroxyl groups is 1. The lowest BCUT2D eigenvalue weighted by atomic mass is 9.70. The van der Waals surface area contributed by atoms with E-state index in [1.165, 1.54) is 4.90 Å². The van der Waals surface area contributed by atoms with Crippen LogP contribution in [-0.2, 0) is 19.1 Å². The number of likely N-dealkylation sites (tertiary alicyclic amines) is 1. The first-order chi connectivity index (χ1) is 18.8. The van der Waals surface area contributed by atoms with Crippen molar-refractivity contribution < 1.29 is 29.0 Å². The van der Waals surface area contributed by atoms with Gasteiger partial charge in [-0.25, -0.2) is 0 Å². The zero-order valence-electron chi connectivity index (χ0n) is 22.6. The van der Waals surface area contributed by atoms with Crippen LogP contribution in [0.2, 0.25) is 0 Å². The summed E-state index contributed by atoms with van der Waals surface area (Å²) in [4.78, 5) is 47.1. The Labute approximate surface area is 238 Å². The minimum atomic E-state index is -1.17. The van der Waals surface area contributed by atoms with E-state index >= 15 is 0 Å². The van der Waals surface area contributed by atoms with E-state index < -0.39 is 29.6 Å². The summed E-state index contributed by atoms with van der Waals surface area (Å²) >= 11 is 3.72. The lowest BCUT2D eigenvalue weighted by Gasteiger charge is -2.37. The fourth-order valence-corrected chi connectivity index (χ4v) is 7.40. The summed E-state index contributed by atoms with van der Waals surface area (Å²) in [6.07, 6.45) is 4.28. The van der Waals surface area contributed by atoms with Crippen LogP contribution in [-0.4, -0.2) is 95.1 Å². The Morgan fingerprint density at radius 1 is 1.23 bits per heavy atom. The van der Waals surface area contributed by atoms with Crippen LogP contribution in [0.25, 0.3) is 0 Å². The van der Waals surface area contributed by atoms with Crippen molar-refractivity contribution in [3.63, 3.8) is 0 Å². The number of rotatable bonds is 13. The summed E-state index contributed by atoms with van der Waals surface area (Å²) in [5.74, 6) is -1.59. The number of amides is 3. The van der Waals surface area contributed by atoms with Crippen molar-refractivity contribution in [2.75, 3.05) is 44.8 Å². The molecule has 1 N–H and O–H groups in total. The zero-order chi connectivity index (χ0) is 28.3. The van der Waals surface area contributed by atoms with Gasteiger partial charge in [-0.05, 0) is 43.5 Å². The fourth-order valence-electron chi connectivity index (χ4n) is 6.46. The summed E-state index contributed by atoms with van der Waals surface area (Å²) in [6.45, 7) is 10.8. The average molecular weight is 605 g/mol. The first-order valence-corrected chi connectivity index (χ1v) is 14.4. The predicted molar refractivity (Wildman–Crippen MR) is 152 cm³/mol. The summed E-state index contributed by atoms with van der Waals surface area (Å²) in [6, 6.07) is 6.16. The van der Waals surface area contributed by atoms with Gasteiger partial charge >= 0.3 is 0 Å². The number of alkyl halides is 1. The Bertz CT molecular complexity index is 1100. The van der Waals surface area contributed by atoms with Crippen LogP contribution in [0, 0.1) is 11.8 Å². The molecular weight excluding hydrogens is 566 g/mol. The highest BCUT2D eigenvalue weighted by molar-refractivity contribution is 9.09. The highest BCUT2D eigenvalue weighted by atomic mass is 79.9. The standard InChI is InChI=1S/C29H38BrN3O6/c1-5-13-31(14-6-2)26(35)22-23-27(36)33(16-8-17-34)25(29(23)18-21(30)24(22)39-29)28(37)32(15-7-3)19-9-11-20(38-4)12-10-19/h5,7,9-12,21-25,34H,1,3,6,8,13-18H2,2,4H3/t21?,22-,23+,24-,25?,29?/m1/s1. The molecule has 3 heterocycles. The fraction of sp³-hybridized carbons (Fsp3) is 0.552. The van der Waals surface area contributed by atoms with Crippen molar-refractivity contribution in [2.24, 2.45) is 11.8 Å². The normalized spacial score (nSPS) is 28.8. The molecule has 6 atom stereocenters. The predicted octanol–water partition coefficient (Wildman–Crippen LogP) is 2.77. The number of aliphatic hydroxyl groups excluding tert-OH is 1. The number of methoxy groups -OCH3 is 1. The first kappa shape index (κ1) is 29.3. The second-order valence-electron chi connectivity index (χ2n) is 10.3. The van der Waals surface area contributed by atoms with Gasteiger partial charge in [-0.3, -0.25) is 14.4 Å². The Morgan fingerprint density at radius 2 is 1.92 bits per heavy atom. The topological polar surface area (TPSA) is 99.6 Å². The molecule has 1 aromatic rings. The van der Waals surface area contributed by atoms with Gasteiger partial charge in [0.1, 0.15) is 17.4 Å². The van der Waals surface area contributed by atoms with Gasteiger partial charge in [0, 0.05) is 43.3 Å². The molecule has 0 radical (unpaired) electrons. The van der Waals surface area contributed by atoms with Gasteiger partial charge in [-0.1, -0.05) is 35.0 Å². The molecule has 9 nitrogen and oxygen atoms in total. The molecule has 3 fully saturated rings. The van der Waals surface area contributed by atoms with E-state index in [2.05, 4.69) is 29.1 Å². The molecule has 3 amide bonds. The maximum absolute atomic E-state index is 14.4. The van der Waals surface area contributed by atoms with Gasteiger partial charge in [0.25, 0.3) is 5.91 Å². The van der Waals surface area contributed by atoms with Crippen molar-refractivity contribution in [3.8, 4) is 5.75 Å². The highest BCUT2D eigenvalue weighted by Crippen LogP contribution is 2.60. The number of halogens is 1. The van der Waals surface area contributed by atoms with E-state index in [4.69, 9.17) is 9.47 Å². The molecule has 2 bridgehead atoms. The van der Waals surface area contributed by atoms with Gasteiger partial charge < -0.3 is 29.3 Å². The molecule has 3 aliphatic rings. The number of benzene rings is 1. The maximum atomic E-state index is 14.4. The molecule has 0 aliphatic carbocycles. The molecule has 0 saturated carbocycles. The Balaban J connectivity index is 1.77. The van der Waals surface area contributed by atoms with Gasteiger partial charge in [-0.2, -0.15) is 0 Å². The Morgan fingerprint density at radius 3 is 2.51 bits per heavy atom. The van der Waals surface area contributed by atoms with Crippen LogP contribution in [0.5, 0.6) is 5.75 Å². The quantitative estimate of drug-likeness (QED) is 0.275. The molecule has 4 rings (SSSR count). The van der Waals surface area contributed by atoms with E-state index in [9.17, 15) is 19.5 Å². The first-order valence-electron chi connectivity index (χ1n) is 13.5. The van der Waals surface area contributed by atoms with Crippen molar-refractivity contribution in [1.82, 2.24) is 9.80 Å². The zero-order valence-corrected chi connectivity index (χ0v) is 24.2. The van der Waals surface area contributed by atoms with Crippen molar-refractivity contribution >= 4 is 39.3 Å². The SMILES string of the molecule is C=CCN(CCC)C(=O)[C@H]1[C@@H]2OC3(CC2Br)C(C(=O)N(CC=C)c2ccc(OC)cc2)N(CCCO)C(=O)[C@H]13. The Kier molecular flexibility index (Phi) is 9.18. The molecule has 1 spiro atoms. The van der Waals surface area contributed by atoms with Crippen LogP contribution in [0.1, 0.15) is 26.2 Å². The van der Waals surface area contributed by atoms with Gasteiger partial charge in [-0.15, -0.1) is 13.2 Å². The van der Waals surface area contributed by atoms with Crippen molar-refractivity contribution in [2.45, 2.75) is 48.8 Å². The minimum absolute atomic E-state index is 0.131. The molecule has 10 heteroatoms. The largest absolute Gasteiger partial charge is 0.497 e. The van der Waals surface area contributed by atoms with Crippen molar-refractivity contribution in [1.29, 1.82) is 0 Å². The van der Waals surface area contributed by atoms with Crippen LogP contribution >= 0.6 is 15.9 Å². The number of nitrogens with zero attached hydrogens (tertiary/aromatic N) is 3. The number of fused-ring (bicyclic) bond motifs is 1. The maximum Gasteiger partial charge on any atom is 0.253 e. The number of hydrogen-bond acceptors (Lipinski definition) is 6. The molecule has 39 heavy (non-hydrogen) atoms. The summed E-state index contributed by atoms with van der Waals surface area (Å²) in [5.41, 5.74) is -0.536. The Hall–Kier alpha value is -2.69. The summed E-state index contributed by atoms with van der Waals surface area (Å²) in [5, 5.41) is 9.60. The third kappa shape index (κ3) is 5.02. The summed E-state index contributed by atoms with van der Waals surface area (Å²) < 4.78 is 11.9. The van der Waals surface area contributed by atoms with Crippen LogP contribution < -0.4 is 9.64 Å². The number of carbonyl (C=O) groups is 3. The molecule has 1 aromatic carbocycles. The molecule has 3 saturated heterocycles. The minimum Gasteiger partial charge on any atom is -0.497 e. The molecule has 212 valence electrons. The van der Waals surface area contributed by atoms with E-state index in [-0.39, 0.29) is 42.2 Å². The number of carbonyl (C=O) groups excluding carboxylic acids is 3. The van der Waals surface area contributed by atoms with Gasteiger partial charge in [0.05, 0.1) is 25.0 Å². The van der Waals surface area contributed by atoms with Crippen LogP contribution in [0.4, 0.5) is 5.69 Å². The molecule has 3 aliphatic heterocycles. The lowest BCUT2D eigenvalue weighted by molar-refractivity contribution is -0.145. The highest BCUT2D eigenvalue weighted by Gasteiger charge is 2.76. The van der Waals surface area contributed by atoms with E-state index in [0.717, 1.165) is 6.42 Å². The smallest absolute Gasteiger partial charge is 0.253 e. The second kappa shape index (κ2) is 12.2. The number of ether oxygens (including phenoxy) is 2. The molecular formula is C29H38BrN3O6. The average Bonchev–Trinajstić information content (AvgIpc) is 3.53. The third-order valence-electron chi connectivity index (χ3n) is 7.98. The van der Waals surface area contributed by atoms with E-state index in [1.54, 1.807) is 53.3 Å². The van der Waals surface area contributed by atoms with E-state index in [1.807, 2.05) is 6.92 Å².